The summed E-state index contributed by atoms with van der Waals surface area (Å²) in [6, 6.07) is 38.0. The molecule has 0 aromatic heterocycles. The van der Waals surface area contributed by atoms with E-state index in [-0.39, 0.29) is 5.54 Å². The van der Waals surface area contributed by atoms with Gasteiger partial charge in [-0.3, -0.25) is 0 Å². The third-order valence-electron chi connectivity index (χ3n) is 11.0. The molecule has 0 bridgehead atoms. The molecule has 0 radical (unpaired) electrons. The Hall–Kier alpha value is -3.93. The molecule has 0 amide bonds. The van der Waals surface area contributed by atoms with Gasteiger partial charge in [0.05, 0.1) is 16.1 Å². The van der Waals surface area contributed by atoms with Gasteiger partial charge in [-0.2, -0.15) is 0 Å². The van der Waals surface area contributed by atoms with E-state index in [4.69, 9.17) is 4.74 Å². The van der Waals surface area contributed by atoms with Crippen molar-refractivity contribution >= 4 is 26.5 Å². The van der Waals surface area contributed by atoms with E-state index in [1.165, 1.54) is 97.3 Å². The number of aryl methyl sites for hydroxylation is 3. The topological polar surface area (TPSA) is 9.23 Å². The Bertz CT molecular complexity index is 1930. The second-order valence-corrected chi connectivity index (χ2v) is 26.0. The summed E-state index contributed by atoms with van der Waals surface area (Å²) >= 11 is 0. The molecule has 6 rings (SSSR count). The van der Waals surface area contributed by atoms with Crippen LogP contribution in [0.4, 0.5) is 0 Å². The fourth-order valence-electron chi connectivity index (χ4n) is 8.23. The van der Waals surface area contributed by atoms with Crippen molar-refractivity contribution in [3.8, 4) is 39.1 Å². The second kappa shape index (κ2) is 15.4. The fourth-order valence-corrected chi connectivity index (χ4v) is 13.6. The third kappa shape index (κ3) is 7.66. The molecule has 0 unspecified atom stereocenters. The van der Waals surface area contributed by atoms with Crippen LogP contribution in [0.15, 0.2) is 110 Å². The van der Waals surface area contributed by atoms with Crippen LogP contribution < -0.4 is 15.1 Å². The highest BCUT2D eigenvalue weighted by Crippen LogP contribution is 2.51. The van der Waals surface area contributed by atoms with Crippen LogP contribution in [0.3, 0.4) is 0 Å². The molecule has 5 aromatic rings. The summed E-state index contributed by atoms with van der Waals surface area (Å²) in [6.45, 7) is 23.9. The summed E-state index contributed by atoms with van der Waals surface area (Å²) in [5.41, 5.74) is 15.4. The van der Waals surface area contributed by atoms with Crippen molar-refractivity contribution in [3.63, 3.8) is 0 Å². The molecule has 3 heteroatoms. The van der Waals surface area contributed by atoms with Crippen LogP contribution in [0, 0.1) is 6.92 Å². The summed E-state index contributed by atoms with van der Waals surface area (Å²) in [5.74, 6) is 1.13. The predicted molar refractivity (Wildman–Crippen MR) is 229 cm³/mol. The number of hydrogen-bond donors (Lipinski definition) is 0. The Kier molecular flexibility index (Phi) is 11.1. The van der Waals surface area contributed by atoms with Gasteiger partial charge in [0.25, 0.3) is 0 Å². The molecule has 1 aliphatic carbocycles. The molecule has 0 saturated carbocycles. The zero-order valence-electron chi connectivity index (χ0n) is 32.5. The van der Waals surface area contributed by atoms with Crippen molar-refractivity contribution in [1.82, 2.24) is 0 Å². The van der Waals surface area contributed by atoms with Gasteiger partial charge in [0.15, 0.2) is 0 Å². The molecule has 264 valence electrons. The summed E-state index contributed by atoms with van der Waals surface area (Å²) in [7, 11) is -4.05. The molecule has 0 saturated heterocycles. The van der Waals surface area contributed by atoms with Crippen LogP contribution in [0.2, 0.25) is 32.7 Å². The summed E-state index contributed by atoms with van der Waals surface area (Å²) in [5, 5.41) is 2.86. The van der Waals surface area contributed by atoms with E-state index in [0.29, 0.717) is 6.61 Å². The highest BCUT2D eigenvalue weighted by molar-refractivity contribution is 6.94. The van der Waals surface area contributed by atoms with Crippen molar-refractivity contribution in [2.45, 2.75) is 97.6 Å². The van der Waals surface area contributed by atoms with Gasteiger partial charge in [0.1, 0.15) is 12.4 Å². The van der Waals surface area contributed by atoms with Crippen molar-refractivity contribution in [1.29, 1.82) is 0 Å². The lowest BCUT2D eigenvalue weighted by molar-refractivity contribution is 0.368. The number of rotatable bonds is 14. The van der Waals surface area contributed by atoms with Gasteiger partial charge < -0.3 is 4.74 Å². The average molecular weight is 707 g/mol. The van der Waals surface area contributed by atoms with Gasteiger partial charge in [-0.1, -0.05) is 175 Å². The van der Waals surface area contributed by atoms with Gasteiger partial charge in [-0.25, -0.2) is 0 Å². The number of benzene rings is 5. The number of ether oxygens (including phenoxy) is 1. The van der Waals surface area contributed by atoms with E-state index < -0.39 is 16.1 Å². The molecule has 5 aromatic carbocycles. The van der Waals surface area contributed by atoms with Gasteiger partial charge in [0, 0.05) is 5.54 Å². The summed E-state index contributed by atoms with van der Waals surface area (Å²) < 4.78 is 6.75. The van der Waals surface area contributed by atoms with Gasteiger partial charge in [-0.15, -0.1) is 0 Å². The van der Waals surface area contributed by atoms with E-state index in [9.17, 15) is 0 Å². The molecule has 1 nitrogen and oxygen atoms in total. The Morgan fingerprint density at radius 3 is 1.59 bits per heavy atom. The van der Waals surface area contributed by atoms with Crippen LogP contribution in [0.25, 0.3) is 33.4 Å². The maximum absolute atomic E-state index is 6.75. The van der Waals surface area contributed by atoms with Crippen molar-refractivity contribution in [2.24, 2.45) is 0 Å². The minimum Gasteiger partial charge on any atom is -0.490 e. The van der Waals surface area contributed by atoms with E-state index in [0.717, 1.165) is 18.6 Å². The average Bonchev–Trinajstić information content (AvgIpc) is 3.46. The molecule has 0 aliphatic heterocycles. The van der Waals surface area contributed by atoms with Gasteiger partial charge >= 0.3 is 0 Å². The largest absolute Gasteiger partial charge is 0.490 e. The molecule has 0 N–H and O–H groups in total. The Labute approximate surface area is 310 Å². The van der Waals surface area contributed by atoms with Crippen molar-refractivity contribution in [3.05, 3.63) is 138 Å². The molecule has 0 atom stereocenters. The fraction of sp³-hybridized carbons (Fsp3) is 0.333. The number of fused-ring (bicyclic) bond motifs is 3. The quantitative estimate of drug-likeness (QED) is 0.0825. The Balaban J connectivity index is 1.56. The number of unbranched alkanes of at least 4 members (excludes halogenated alkanes) is 2. The zero-order valence-corrected chi connectivity index (χ0v) is 34.5. The smallest absolute Gasteiger partial charge is 0.118 e. The molecule has 0 heterocycles. The monoisotopic (exact) mass is 706 g/mol. The number of hydrogen-bond acceptors (Lipinski definition) is 1. The van der Waals surface area contributed by atoms with Gasteiger partial charge in [-0.05, 0) is 98.6 Å². The predicted octanol–water partition coefficient (Wildman–Crippen LogP) is 12.4. The molecule has 51 heavy (non-hydrogen) atoms. The SMILES string of the molecule is C=CCOc1c([Si](C)(C)C)cc(C)cc1[Si](C)(C)C1c2cc(-c3cccc(CCCC)c3)ccc2-c2ccc(-c3cccc(CCCC)c3)cc21. The normalized spacial score (nSPS) is 12.9. The van der Waals surface area contributed by atoms with Crippen LogP contribution in [0.5, 0.6) is 5.75 Å². The lowest BCUT2D eigenvalue weighted by Gasteiger charge is -2.36. The van der Waals surface area contributed by atoms with E-state index >= 15 is 0 Å². The maximum atomic E-state index is 6.75. The zero-order chi connectivity index (χ0) is 36.3. The van der Waals surface area contributed by atoms with E-state index in [2.05, 4.69) is 157 Å². The second-order valence-electron chi connectivity index (χ2n) is 16.4. The lowest BCUT2D eigenvalue weighted by atomic mass is 9.96. The third-order valence-corrected chi connectivity index (χ3v) is 16.8. The van der Waals surface area contributed by atoms with E-state index in [1.807, 2.05) is 6.08 Å². The minimum atomic E-state index is -2.33. The minimum absolute atomic E-state index is 0.274. The highest BCUT2D eigenvalue weighted by atomic mass is 28.3. The lowest BCUT2D eigenvalue weighted by Crippen LogP contribution is -2.52. The molecule has 0 fully saturated rings. The Morgan fingerprint density at radius 2 is 1.12 bits per heavy atom. The van der Waals surface area contributed by atoms with Crippen LogP contribution in [0.1, 0.15) is 72.9 Å². The van der Waals surface area contributed by atoms with Crippen molar-refractivity contribution < 1.29 is 4.74 Å². The first-order chi connectivity index (χ1) is 24.5. The first-order valence-electron chi connectivity index (χ1n) is 19.3. The van der Waals surface area contributed by atoms with Crippen LogP contribution in [-0.2, 0) is 12.8 Å². The Morgan fingerprint density at radius 1 is 0.627 bits per heavy atom. The van der Waals surface area contributed by atoms with Gasteiger partial charge in [0.2, 0.25) is 0 Å². The summed E-state index contributed by atoms with van der Waals surface area (Å²) in [4.78, 5) is 0. The first kappa shape index (κ1) is 36.9. The van der Waals surface area contributed by atoms with Crippen molar-refractivity contribution in [2.75, 3.05) is 6.61 Å². The first-order valence-corrected chi connectivity index (χ1v) is 25.9. The molecular formula is C48H58OSi2. The summed E-state index contributed by atoms with van der Waals surface area (Å²) in [6.07, 6.45) is 9.03. The standard InChI is InChI=1S/C48H58OSi2/c1-10-13-17-35-19-15-21-37(30-35)39-23-25-41-42-26-24-40(38-22-16-20-36(31-38)18-14-11-2)33-44(42)48(43(41)32-39)51(8,9)46-29-34(4)28-45(50(5,6)7)47(46)49-27-12-3/h12,15-16,19-26,28-33,48H,3,10-11,13-14,17-18,27H2,1-2,4-9H3. The molecule has 1 aliphatic rings. The maximum Gasteiger partial charge on any atom is 0.118 e. The molecule has 0 spiro atoms. The molecular weight excluding hydrogens is 649 g/mol. The van der Waals surface area contributed by atoms with E-state index in [1.54, 1.807) is 0 Å². The van der Waals surface area contributed by atoms with Crippen LogP contribution in [-0.4, -0.2) is 22.8 Å². The van der Waals surface area contributed by atoms with Crippen LogP contribution >= 0.6 is 0 Å². The highest BCUT2D eigenvalue weighted by Gasteiger charge is 2.45.